The molecule has 0 aromatic rings. The number of likely N-dealkylation sites (N-methyl/N-ethyl adjacent to an activating group) is 1. The van der Waals surface area contributed by atoms with E-state index in [1.807, 2.05) is 0 Å². The minimum atomic E-state index is -0.469. The van der Waals surface area contributed by atoms with Gasteiger partial charge in [-0.1, -0.05) is 0 Å². The van der Waals surface area contributed by atoms with Gasteiger partial charge in [0.2, 0.25) is 17.7 Å². The Kier molecular flexibility index (Phi) is 3.54. The molecule has 0 aromatic carbocycles. The predicted octanol–water partition coefficient (Wildman–Crippen LogP) is -0.609. The summed E-state index contributed by atoms with van der Waals surface area (Å²) in [6, 6.07) is -0.683. The molecule has 3 amide bonds. The van der Waals surface area contributed by atoms with E-state index in [2.05, 4.69) is 10.6 Å². The Hall–Kier alpha value is -1.59. The van der Waals surface area contributed by atoms with Gasteiger partial charge < -0.3 is 15.5 Å². The molecule has 0 aromatic heterocycles. The van der Waals surface area contributed by atoms with Crippen LogP contribution in [0.4, 0.5) is 0 Å². The molecule has 2 heterocycles. The molecule has 0 spiro atoms. The molecular formula is C12H19N3O3. The highest BCUT2D eigenvalue weighted by atomic mass is 16.2. The van der Waals surface area contributed by atoms with E-state index in [0.29, 0.717) is 12.8 Å². The van der Waals surface area contributed by atoms with Gasteiger partial charge in [-0.2, -0.15) is 0 Å². The SMILES string of the molecule is CNC(=O)[C@@H]1CC[C@H]2CC[C@@H](NC(C)=O)C(=O)N21. The zero-order valence-electron chi connectivity index (χ0n) is 10.7. The predicted molar refractivity (Wildman–Crippen MR) is 64.6 cm³/mol. The fraction of sp³-hybridized carbons (Fsp3) is 0.750. The number of piperidine rings is 1. The van der Waals surface area contributed by atoms with Gasteiger partial charge in [0.1, 0.15) is 12.1 Å². The van der Waals surface area contributed by atoms with Crippen molar-refractivity contribution in [2.75, 3.05) is 7.05 Å². The van der Waals surface area contributed by atoms with Crippen LogP contribution in [-0.4, -0.2) is 47.8 Å². The fourth-order valence-electron chi connectivity index (χ4n) is 2.97. The summed E-state index contributed by atoms with van der Waals surface area (Å²) < 4.78 is 0. The van der Waals surface area contributed by atoms with Crippen molar-refractivity contribution in [1.82, 2.24) is 15.5 Å². The van der Waals surface area contributed by atoms with Gasteiger partial charge in [0.15, 0.2) is 0 Å². The summed E-state index contributed by atoms with van der Waals surface area (Å²) in [4.78, 5) is 36.8. The lowest BCUT2D eigenvalue weighted by Gasteiger charge is -2.37. The van der Waals surface area contributed by atoms with Crippen molar-refractivity contribution in [3.8, 4) is 0 Å². The van der Waals surface area contributed by atoms with Gasteiger partial charge in [0.25, 0.3) is 0 Å². The molecule has 2 fully saturated rings. The fourth-order valence-corrected chi connectivity index (χ4v) is 2.97. The van der Waals surface area contributed by atoms with E-state index in [1.54, 1.807) is 11.9 Å². The molecule has 18 heavy (non-hydrogen) atoms. The van der Waals surface area contributed by atoms with Gasteiger partial charge >= 0.3 is 0 Å². The Balaban J connectivity index is 2.13. The van der Waals surface area contributed by atoms with Crippen LogP contribution in [0, 0.1) is 0 Å². The number of hydrogen-bond acceptors (Lipinski definition) is 3. The van der Waals surface area contributed by atoms with E-state index < -0.39 is 6.04 Å². The Morgan fingerprint density at radius 2 is 1.89 bits per heavy atom. The molecule has 100 valence electrons. The van der Waals surface area contributed by atoms with E-state index in [1.165, 1.54) is 6.92 Å². The van der Waals surface area contributed by atoms with Crippen LogP contribution >= 0.6 is 0 Å². The minimum Gasteiger partial charge on any atom is -0.357 e. The van der Waals surface area contributed by atoms with E-state index in [9.17, 15) is 14.4 Å². The standard InChI is InChI=1S/C12H19N3O3/c1-7(16)14-9-5-3-8-4-6-10(11(17)13-2)15(8)12(9)18/h8-10H,3-6H2,1-2H3,(H,13,17)(H,14,16)/t8-,9-,10+/m1/s1. The average Bonchev–Trinajstić information content (AvgIpc) is 2.76. The highest BCUT2D eigenvalue weighted by Crippen LogP contribution is 2.32. The first-order chi connectivity index (χ1) is 8.54. The van der Waals surface area contributed by atoms with Crippen molar-refractivity contribution in [3.63, 3.8) is 0 Å². The molecule has 0 saturated carbocycles. The van der Waals surface area contributed by atoms with E-state index >= 15 is 0 Å². The number of carbonyl (C=O) groups excluding carboxylic acids is 3. The summed E-state index contributed by atoms with van der Waals surface area (Å²) >= 11 is 0. The first-order valence-corrected chi connectivity index (χ1v) is 6.35. The lowest BCUT2D eigenvalue weighted by molar-refractivity contribution is -0.145. The van der Waals surface area contributed by atoms with E-state index in [4.69, 9.17) is 0 Å². The number of fused-ring (bicyclic) bond motifs is 1. The lowest BCUT2D eigenvalue weighted by Crippen LogP contribution is -2.58. The highest BCUT2D eigenvalue weighted by Gasteiger charge is 2.45. The highest BCUT2D eigenvalue weighted by molar-refractivity contribution is 5.93. The van der Waals surface area contributed by atoms with Crippen molar-refractivity contribution in [2.45, 2.75) is 50.7 Å². The molecule has 0 unspecified atom stereocenters. The molecule has 3 atom stereocenters. The number of rotatable bonds is 2. The van der Waals surface area contributed by atoms with Crippen LogP contribution in [0.25, 0.3) is 0 Å². The second-order valence-electron chi connectivity index (χ2n) is 4.94. The first-order valence-electron chi connectivity index (χ1n) is 6.35. The summed E-state index contributed by atoms with van der Waals surface area (Å²) in [6.45, 7) is 1.40. The second-order valence-corrected chi connectivity index (χ2v) is 4.94. The molecule has 2 aliphatic rings. The quantitative estimate of drug-likeness (QED) is 0.689. The first kappa shape index (κ1) is 12.9. The minimum absolute atomic E-state index is 0.116. The second kappa shape index (κ2) is 4.96. The van der Waals surface area contributed by atoms with Gasteiger partial charge in [0, 0.05) is 20.0 Å². The van der Waals surface area contributed by atoms with Crippen LogP contribution in [-0.2, 0) is 14.4 Å². The Morgan fingerprint density at radius 1 is 1.22 bits per heavy atom. The topological polar surface area (TPSA) is 78.5 Å². The lowest BCUT2D eigenvalue weighted by atomic mass is 9.98. The molecule has 6 nitrogen and oxygen atoms in total. The molecule has 2 aliphatic heterocycles. The molecule has 0 aliphatic carbocycles. The molecule has 2 rings (SSSR count). The molecule has 0 bridgehead atoms. The monoisotopic (exact) mass is 253 g/mol. The van der Waals surface area contributed by atoms with Gasteiger partial charge in [-0.05, 0) is 25.7 Å². The number of carbonyl (C=O) groups is 3. The molecule has 6 heteroatoms. The average molecular weight is 253 g/mol. The van der Waals surface area contributed by atoms with Crippen LogP contribution in [0.15, 0.2) is 0 Å². The largest absolute Gasteiger partial charge is 0.357 e. The smallest absolute Gasteiger partial charge is 0.246 e. The number of amides is 3. The van der Waals surface area contributed by atoms with Crippen molar-refractivity contribution in [1.29, 1.82) is 0 Å². The van der Waals surface area contributed by atoms with E-state index in [0.717, 1.165) is 12.8 Å². The zero-order chi connectivity index (χ0) is 13.3. The van der Waals surface area contributed by atoms with Crippen LogP contribution in [0.5, 0.6) is 0 Å². The van der Waals surface area contributed by atoms with Crippen molar-refractivity contribution in [2.24, 2.45) is 0 Å². The summed E-state index contributed by atoms with van der Waals surface area (Å²) in [6.07, 6.45) is 3.10. The maximum atomic E-state index is 12.3. The Labute approximate surface area is 106 Å². The third-order valence-electron chi connectivity index (χ3n) is 3.77. The van der Waals surface area contributed by atoms with Gasteiger partial charge in [-0.15, -0.1) is 0 Å². The number of nitrogens with zero attached hydrogens (tertiary/aromatic N) is 1. The molecular weight excluding hydrogens is 234 g/mol. The number of nitrogens with one attached hydrogen (secondary N) is 2. The van der Waals surface area contributed by atoms with Gasteiger partial charge in [-0.25, -0.2) is 0 Å². The van der Waals surface area contributed by atoms with E-state index in [-0.39, 0.29) is 29.8 Å². The maximum Gasteiger partial charge on any atom is 0.246 e. The summed E-state index contributed by atoms with van der Waals surface area (Å²) in [5, 5.41) is 5.26. The van der Waals surface area contributed by atoms with Gasteiger partial charge in [-0.3, -0.25) is 14.4 Å². The summed E-state index contributed by atoms with van der Waals surface area (Å²) in [7, 11) is 1.58. The van der Waals surface area contributed by atoms with Crippen molar-refractivity contribution >= 4 is 17.7 Å². The summed E-state index contributed by atoms with van der Waals surface area (Å²) in [5.41, 5.74) is 0. The normalized spacial score (nSPS) is 30.9. The summed E-state index contributed by atoms with van der Waals surface area (Å²) in [5.74, 6) is -0.440. The Bertz CT molecular complexity index is 383. The third kappa shape index (κ3) is 2.19. The zero-order valence-corrected chi connectivity index (χ0v) is 10.7. The third-order valence-corrected chi connectivity index (χ3v) is 3.77. The number of hydrogen-bond donors (Lipinski definition) is 2. The van der Waals surface area contributed by atoms with Crippen LogP contribution in [0.2, 0.25) is 0 Å². The molecule has 2 N–H and O–H groups in total. The van der Waals surface area contributed by atoms with Crippen molar-refractivity contribution < 1.29 is 14.4 Å². The maximum absolute atomic E-state index is 12.3. The van der Waals surface area contributed by atoms with Crippen LogP contribution < -0.4 is 10.6 Å². The van der Waals surface area contributed by atoms with Crippen LogP contribution in [0.1, 0.15) is 32.6 Å². The van der Waals surface area contributed by atoms with Crippen molar-refractivity contribution in [3.05, 3.63) is 0 Å². The van der Waals surface area contributed by atoms with Gasteiger partial charge in [0.05, 0.1) is 0 Å². The Morgan fingerprint density at radius 3 is 2.50 bits per heavy atom. The van der Waals surface area contributed by atoms with Crippen LogP contribution in [0.3, 0.4) is 0 Å². The molecule has 2 saturated heterocycles. The molecule has 0 radical (unpaired) electrons.